The number of ether oxygens (including phenoxy) is 3. The largest absolute Gasteiger partial charge is 0.495 e. The van der Waals surface area contributed by atoms with Gasteiger partial charge in [0.15, 0.2) is 0 Å². The van der Waals surface area contributed by atoms with Crippen LogP contribution in [0.1, 0.15) is 26.4 Å². The van der Waals surface area contributed by atoms with Crippen LogP contribution in [-0.2, 0) is 11.3 Å². The second kappa shape index (κ2) is 13.5. The monoisotopic (exact) mass is 624 g/mol. The first-order valence-electron chi connectivity index (χ1n) is 13.5. The van der Waals surface area contributed by atoms with Crippen LogP contribution >= 0.6 is 23.2 Å². The Hall–Kier alpha value is -4.03. The molecule has 11 nitrogen and oxygen atoms in total. The van der Waals surface area contributed by atoms with Gasteiger partial charge in [-0.3, -0.25) is 29.5 Å². The van der Waals surface area contributed by atoms with E-state index in [0.29, 0.717) is 40.2 Å². The third-order valence-corrected chi connectivity index (χ3v) is 8.03. The van der Waals surface area contributed by atoms with Gasteiger partial charge >= 0.3 is 5.97 Å². The molecule has 1 saturated heterocycles. The van der Waals surface area contributed by atoms with Gasteiger partial charge in [0, 0.05) is 75.1 Å². The van der Waals surface area contributed by atoms with E-state index in [1.165, 1.54) is 26.6 Å². The summed E-state index contributed by atoms with van der Waals surface area (Å²) in [7, 11) is 3.00. The van der Waals surface area contributed by atoms with Crippen molar-refractivity contribution in [1.82, 2.24) is 24.8 Å². The molecule has 0 saturated carbocycles. The molecule has 43 heavy (non-hydrogen) atoms. The molecule has 2 aromatic heterocycles. The maximum Gasteiger partial charge on any atom is 0.340 e. The Kier molecular flexibility index (Phi) is 9.56. The van der Waals surface area contributed by atoms with E-state index in [-0.39, 0.29) is 27.9 Å². The van der Waals surface area contributed by atoms with E-state index in [1.54, 1.807) is 30.5 Å². The molecule has 3 heterocycles. The number of benzene rings is 2. The summed E-state index contributed by atoms with van der Waals surface area (Å²) in [6.45, 7) is 4.94. The van der Waals surface area contributed by atoms with Crippen molar-refractivity contribution in [3.63, 3.8) is 0 Å². The number of amides is 1. The number of halogens is 2. The van der Waals surface area contributed by atoms with Gasteiger partial charge in [-0.25, -0.2) is 4.79 Å². The minimum absolute atomic E-state index is 0.228. The van der Waals surface area contributed by atoms with Crippen LogP contribution in [-0.4, -0.2) is 90.2 Å². The molecule has 1 fully saturated rings. The lowest BCUT2D eigenvalue weighted by atomic mass is 10.00. The predicted molar refractivity (Wildman–Crippen MR) is 163 cm³/mol. The van der Waals surface area contributed by atoms with E-state index in [4.69, 9.17) is 43.1 Å². The molecule has 0 radical (unpaired) electrons. The number of nitrogens with two attached hydrogens (primary N) is 1. The van der Waals surface area contributed by atoms with Gasteiger partial charge in [-0.05, 0) is 17.7 Å². The quantitative estimate of drug-likeness (QED) is 0.257. The molecule has 1 amide bonds. The van der Waals surface area contributed by atoms with Gasteiger partial charge in [0.05, 0.1) is 35.3 Å². The first-order chi connectivity index (χ1) is 20.8. The Balaban J connectivity index is 1.22. The average molecular weight is 626 g/mol. The number of rotatable bonds is 10. The number of methoxy groups -OCH3 is 2. The van der Waals surface area contributed by atoms with E-state index in [1.807, 2.05) is 6.07 Å². The Morgan fingerprint density at radius 2 is 1.53 bits per heavy atom. The summed E-state index contributed by atoms with van der Waals surface area (Å²) in [6.07, 6.45) is 4.73. The highest BCUT2D eigenvalue weighted by molar-refractivity contribution is 6.41. The lowest BCUT2D eigenvalue weighted by molar-refractivity contribution is 0.0421. The van der Waals surface area contributed by atoms with Crippen molar-refractivity contribution in [3.8, 4) is 22.6 Å². The van der Waals surface area contributed by atoms with Crippen LogP contribution in [0.3, 0.4) is 0 Å². The number of esters is 1. The second-order valence-electron chi connectivity index (χ2n) is 9.87. The molecule has 0 atom stereocenters. The maximum atomic E-state index is 13.2. The fourth-order valence-corrected chi connectivity index (χ4v) is 5.69. The summed E-state index contributed by atoms with van der Waals surface area (Å²) >= 11 is 13.3. The summed E-state index contributed by atoms with van der Waals surface area (Å²) in [5, 5.41) is 0.571. The maximum absolute atomic E-state index is 13.2. The van der Waals surface area contributed by atoms with Crippen molar-refractivity contribution in [3.05, 3.63) is 75.8 Å². The number of primary amides is 1. The number of nitrogens with zero attached hydrogens (tertiary/aromatic N) is 5. The Bertz CT molecular complexity index is 1620. The molecule has 0 bridgehead atoms. The predicted octanol–water partition coefficient (Wildman–Crippen LogP) is 4.09. The number of aromatic nitrogens is 3. The van der Waals surface area contributed by atoms with Crippen LogP contribution in [0.2, 0.25) is 10.0 Å². The first kappa shape index (κ1) is 30.4. The van der Waals surface area contributed by atoms with E-state index in [0.717, 1.165) is 38.3 Å². The van der Waals surface area contributed by atoms with Crippen molar-refractivity contribution in [1.29, 1.82) is 0 Å². The molecule has 0 spiro atoms. The van der Waals surface area contributed by atoms with Crippen molar-refractivity contribution in [2.45, 2.75) is 6.54 Å². The molecule has 224 valence electrons. The van der Waals surface area contributed by atoms with Crippen molar-refractivity contribution in [2.75, 3.05) is 53.6 Å². The van der Waals surface area contributed by atoms with Gasteiger partial charge in [0.1, 0.15) is 29.3 Å². The summed E-state index contributed by atoms with van der Waals surface area (Å²) in [5.74, 6) is -0.267. The molecule has 13 heteroatoms. The number of fused-ring (bicyclic) bond motifs is 1. The molecule has 1 aliphatic rings. The zero-order valence-electron chi connectivity index (χ0n) is 23.7. The lowest BCUT2D eigenvalue weighted by Crippen LogP contribution is -2.46. The number of carbonyl (C=O) groups excluding carboxylic acids is 2. The van der Waals surface area contributed by atoms with E-state index in [2.05, 4.69) is 24.8 Å². The minimum Gasteiger partial charge on any atom is -0.495 e. The number of pyridine rings is 1. The molecule has 2 aromatic carbocycles. The normalized spacial score (nSPS) is 14.0. The SMILES string of the molecule is COc1cc(OC)c(Cl)c(-c2ccc(C(=O)OCCN3CCN(Cc4ccc(C(N)=O)nc4)CC3)c3nccnc23)c1Cl. The number of hydrogen-bond donors (Lipinski definition) is 1. The van der Waals surface area contributed by atoms with Crippen molar-refractivity contribution in [2.24, 2.45) is 5.73 Å². The molecular weight excluding hydrogens is 595 g/mol. The second-order valence-corrected chi connectivity index (χ2v) is 10.6. The molecule has 5 rings (SSSR count). The highest BCUT2D eigenvalue weighted by Crippen LogP contribution is 2.47. The molecular formula is C30H30Cl2N6O5. The van der Waals surface area contributed by atoms with Crippen LogP contribution in [0.4, 0.5) is 0 Å². The Morgan fingerprint density at radius 1 is 0.884 bits per heavy atom. The van der Waals surface area contributed by atoms with Gasteiger partial charge in [0.25, 0.3) is 5.91 Å². The smallest absolute Gasteiger partial charge is 0.340 e. The zero-order valence-corrected chi connectivity index (χ0v) is 25.2. The molecule has 1 aliphatic heterocycles. The van der Waals surface area contributed by atoms with Crippen LogP contribution in [0.15, 0.2) is 48.9 Å². The third kappa shape index (κ3) is 6.65. The molecule has 4 aromatic rings. The van der Waals surface area contributed by atoms with Crippen LogP contribution in [0, 0.1) is 0 Å². The van der Waals surface area contributed by atoms with Crippen molar-refractivity contribution < 1.29 is 23.8 Å². The van der Waals surface area contributed by atoms with Crippen molar-refractivity contribution >= 4 is 46.1 Å². The van der Waals surface area contributed by atoms with Gasteiger partial charge < -0.3 is 19.9 Å². The fourth-order valence-electron chi connectivity index (χ4n) is 4.98. The number of carbonyl (C=O) groups is 2. The summed E-state index contributed by atoms with van der Waals surface area (Å²) in [5.41, 5.74) is 8.66. The van der Waals surface area contributed by atoms with Gasteiger partial charge in [-0.15, -0.1) is 0 Å². The summed E-state index contributed by atoms with van der Waals surface area (Å²) < 4.78 is 16.5. The minimum atomic E-state index is -0.539. The molecule has 0 aliphatic carbocycles. The highest BCUT2D eigenvalue weighted by Gasteiger charge is 2.24. The summed E-state index contributed by atoms with van der Waals surface area (Å²) in [6, 6.07) is 8.48. The number of hydrogen-bond acceptors (Lipinski definition) is 10. The number of piperazine rings is 1. The van der Waals surface area contributed by atoms with Crippen LogP contribution in [0.25, 0.3) is 22.2 Å². The summed E-state index contributed by atoms with van der Waals surface area (Å²) in [4.78, 5) is 42.0. The van der Waals surface area contributed by atoms with E-state index < -0.39 is 11.9 Å². The van der Waals surface area contributed by atoms with Gasteiger partial charge in [0.2, 0.25) is 0 Å². The standard InChI is InChI=1S/C30H30Cl2N6O5/c1-41-22-15-23(42-2)26(32)24(25(22)31)19-4-5-20(28-27(19)34-7-8-35-28)30(40)43-14-13-37-9-11-38(12-10-37)17-18-3-6-21(29(33)39)36-16-18/h3-8,15-16H,9-14,17H2,1-2H3,(H2,33,39). The van der Waals surface area contributed by atoms with E-state index >= 15 is 0 Å². The first-order valence-corrected chi connectivity index (χ1v) is 14.3. The van der Waals surface area contributed by atoms with Crippen LogP contribution in [0.5, 0.6) is 11.5 Å². The molecule has 0 unspecified atom stereocenters. The zero-order chi connectivity index (χ0) is 30.5. The fraction of sp³-hybridized carbons (Fsp3) is 0.300. The topological polar surface area (TPSA) is 133 Å². The van der Waals surface area contributed by atoms with Gasteiger partial charge in [-0.2, -0.15) is 0 Å². The Morgan fingerprint density at radius 3 is 2.14 bits per heavy atom. The Labute approximate surface area is 258 Å². The van der Waals surface area contributed by atoms with Gasteiger partial charge in [-0.1, -0.05) is 35.3 Å². The average Bonchev–Trinajstić information content (AvgIpc) is 3.02. The third-order valence-electron chi connectivity index (χ3n) is 7.28. The van der Waals surface area contributed by atoms with E-state index in [9.17, 15) is 9.59 Å². The lowest BCUT2D eigenvalue weighted by Gasteiger charge is -2.34. The van der Waals surface area contributed by atoms with Crippen LogP contribution < -0.4 is 15.2 Å². The highest BCUT2D eigenvalue weighted by atomic mass is 35.5. The molecule has 2 N–H and O–H groups in total.